The van der Waals surface area contributed by atoms with Crippen LogP contribution in [0.3, 0.4) is 0 Å². The summed E-state index contributed by atoms with van der Waals surface area (Å²) in [7, 11) is 0. The van der Waals surface area contributed by atoms with Crippen molar-refractivity contribution in [2.75, 3.05) is 26.2 Å². The Morgan fingerprint density at radius 2 is 0.674 bits per heavy atom. The second-order valence-corrected chi connectivity index (χ2v) is 48.9. The first-order valence-electron chi connectivity index (χ1n) is 45.8. The molecule has 16 aliphatic rings. The highest BCUT2D eigenvalue weighted by Gasteiger charge is 2.58. The number of fused-ring (bicyclic) bond motifs is 20. The molecule has 16 aliphatic carbocycles. The number of thiophene rings is 4. The highest BCUT2D eigenvalue weighted by Crippen LogP contribution is 2.65. The Hall–Kier alpha value is -8.91. The molecule has 8 aromatic heterocycles. The first kappa shape index (κ1) is 89.6. The van der Waals surface area contributed by atoms with Gasteiger partial charge in [0, 0.05) is 114 Å². The largest absolute Gasteiger partial charge is 0.350 e. The van der Waals surface area contributed by atoms with Crippen LogP contribution in [-0.2, 0) is 25.7 Å². The third-order valence-corrected chi connectivity index (χ3v) is 38.8. The van der Waals surface area contributed by atoms with Gasteiger partial charge < -0.3 is 21.3 Å². The van der Waals surface area contributed by atoms with Crippen molar-refractivity contribution in [2.45, 2.75) is 165 Å². The van der Waals surface area contributed by atoms with Crippen molar-refractivity contribution >= 4 is 112 Å². The van der Waals surface area contributed by atoms with Gasteiger partial charge in [0.15, 0.2) is 46.0 Å². The zero-order valence-corrected chi connectivity index (χ0v) is 81.5. The Labute approximate surface area is 797 Å². The Kier molecular flexibility index (Phi) is 22.8. The predicted octanol–water partition coefficient (Wildman–Crippen LogP) is 24.8. The van der Waals surface area contributed by atoms with Crippen molar-refractivity contribution in [1.82, 2.24) is 60.4 Å². The van der Waals surface area contributed by atoms with Crippen LogP contribution in [0.15, 0.2) is 105 Å². The number of hydrogen-bond acceptors (Lipinski definition) is 12. The van der Waals surface area contributed by atoms with Gasteiger partial charge in [-0.3, -0.25) is 19.2 Å². The molecule has 16 nitrogen and oxygen atoms in total. The number of carbonyl (C=O) groups excluding carboxylic acids is 4. The Morgan fingerprint density at radius 1 is 0.379 bits per heavy atom. The van der Waals surface area contributed by atoms with Crippen LogP contribution in [0.25, 0.3) is 65.7 Å². The molecule has 12 atom stereocenters. The van der Waals surface area contributed by atoms with Crippen LogP contribution in [0.2, 0.25) is 4.34 Å². The fraction of sp³-hybridized carbons (Fsp3) is 0.446. The summed E-state index contributed by atoms with van der Waals surface area (Å²) in [6, 6.07) is 21.7. The van der Waals surface area contributed by atoms with Crippen LogP contribution in [0, 0.1) is 146 Å². The van der Waals surface area contributed by atoms with E-state index in [0.29, 0.717) is 159 Å². The Balaban J connectivity index is 0.000000106. The molecule has 4 aromatic carbocycles. The molecule has 12 unspecified atom stereocenters. The standard InChI is InChI=1S/C26H27F2N3OS.2C25H24BrF2N3OS.C25H24ClF2N3OS/c1-13-8-15-9-18-22(25(32)29-12-14-4-5-16-10-19(14)26(16,2)3)30-31(23(18)24(15)33-13)21-7-6-17(27)11-20(21)28;1-25(2)14-4-3-12(17(25)9-14)11-29-24(32)21-16-7-13-8-20(26)33-23(13)22(16)31(30-21)19-6-5-15(27)10-18(19)28;1-25(2)13-4-3-12(17(25)7-13)11-29-24(32)22-16-9-20-15(10-21(26)33-20)23(16)31(30-22)19-6-5-14(27)8-18(19)28;1-25(2)14-4-3-12(17(25)9-14)11-29-24(32)21-16-7-13-8-20(26)33-23(13)22(16)31(30-21)19-6-5-15(27)10-18(19)28/h6-8,11,14,16,19H,4-5,9-10,12H2,1-3H3,(H,29,32);5-6,8,10,12,14,17H,3-4,7,9,11H2,1-2H3,(H,29,32);5-6,8,10,12-13,17H,3-4,7,9,11H2,1-2H3,(H,29,32);5-6,8,10,12,14,17H,3-4,7,9,11H2,1-2H3,(H,29,32). The number of nitrogens with zero attached hydrogens (tertiary/aromatic N) is 8. The SMILES string of the molecule is CC1(C)C2CCC(CNC(=O)c3nn(-c4ccc(F)cc4F)c4c3Cc3cc(Br)sc3-4)C1C2.CC1(C)C2CCC(CNC(=O)c3nn(-c4ccc(F)cc4F)c4c3Cc3cc(Cl)sc3-4)C1C2.CC1(C)C2CCC(CNC(=O)c3nn(-c4ccc(F)cc4F)c4c3Cc3sc(Br)cc3-4)C1C2.Cc1cc2c(s1)-c1c(c(C(=O)NCC3CCC4CC3C4(C)C)nn1-c1ccc(F)cc1F)C2. The van der Waals surface area contributed by atoms with Crippen LogP contribution < -0.4 is 21.3 Å². The lowest BCUT2D eigenvalue weighted by atomic mass is 9.45. The Bertz CT molecular complexity index is 5970. The molecule has 12 saturated carbocycles. The number of carbonyl (C=O) groups is 4. The van der Waals surface area contributed by atoms with Crippen LogP contribution in [0.4, 0.5) is 35.1 Å². The van der Waals surface area contributed by atoms with E-state index in [9.17, 15) is 54.3 Å². The molecule has 0 spiro atoms. The first-order valence-corrected chi connectivity index (χ1v) is 51.1. The fourth-order valence-electron chi connectivity index (χ4n) is 25.4. The van der Waals surface area contributed by atoms with Gasteiger partial charge in [-0.2, -0.15) is 20.4 Å². The third-order valence-electron chi connectivity index (χ3n) is 33.1. The number of amides is 4. The number of halogens is 11. The summed E-state index contributed by atoms with van der Waals surface area (Å²) in [6.45, 7) is 23.4. The third kappa shape index (κ3) is 15.2. The first-order chi connectivity index (χ1) is 62.9. The lowest BCUT2D eigenvalue weighted by Gasteiger charge is -2.60. The lowest BCUT2D eigenvalue weighted by molar-refractivity contribution is -0.103. The zero-order valence-electron chi connectivity index (χ0n) is 74.3. The molecule has 12 fully saturated rings. The smallest absolute Gasteiger partial charge is 0.272 e. The van der Waals surface area contributed by atoms with E-state index < -0.39 is 46.5 Å². The van der Waals surface area contributed by atoms with Gasteiger partial charge >= 0.3 is 0 Å². The maximum Gasteiger partial charge on any atom is 0.272 e. The monoisotopic (exact) mass is 2020 g/mol. The molecule has 0 radical (unpaired) electrons. The van der Waals surface area contributed by atoms with Crippen LogP contribution in [0.5, 0.6) is 0 Å². The van der Waals surface area contributed by atoms with E-state index in [-0.39, 0.29) is 46.4 Å². The normalized spacial score (nSPS) is 24.2. The molecule has 31 heteroatoms. The van der Waals surface area contributed by atoms with Gasteiger partial charge in [-0.05, 0) is 298 Å². The number of nitrogens with one attached hydrogen (secondary N) is 4. The zero-order chi connectivity index (χ0) is 92.3. The maximum atomic E-state index is 14.7. The molecule has 8 bridgehead atoms. The second kappa shape index (κ2) is 33.5. The number of rotatable bonds is 16. The number of aryl methyl sites for hydroxylation is 1. The van der Waals surface area contributed by atoms with Crippen molar-refractivity contribution in [2.24, 2.45) is 92.7 Å². The molecule has 12 aromatic rings. The average molecular weight is 2020 g/mol. The van der Waals surface area contributed by atoms with E-state index in [4.69, 9.17) is 11.6 Å². The summed E-state index contributed by atoms with van der Waals surface area (Å²) in [5.41, 5.74) is 13.5. The van der Waals surface area contributed by atoms with E-state index >= 15 is 0 Å². The summed E-state index contributed by atoms with van der Waals surface area (Å²) in [6.07, 6.45) is 16.8. The molecule has 4 amide bonds. The van der Waals surface area contributed by atoms with E-state index in [1.165, 1.54) is 141 Å². The predicted molar refractivity (Wildman–Crippen MR) is 505 cm³/mol. The lowest BCUT2D eigenvalue weighted by Crippen LogP contribution is -2.54. The minimum Gasteiger partial charge on any atom is -0.350 e. The minimum absolute atomic E-state index is 0.110. The quantitative estimate of drug-likeness (QED) is 0.0688. The average Bonchev–Trinajstić information content (AvgIpc) is 1.65. The van der Waals surface area contributed by atoms with Crippen LogP contribution in [-0.4, -0.2) is 88.9 Å². The molecular formula is C101H99Br2ClF8N12O4S4. The molecule has 132 heavy (non-hydrogen) atoms. The van der Waals surface area contributed by atoms with Crippen molar-refractivity contribution in [1.29, 1.82) is 0 Å². The second-order valence-electron chi connectivity index (χ2n) is 41.0. The summed E-state index contributed by atoms with van der Waals surface area (Å²) in [5, 5.41) is 30.7. The minimum atomic E-state index is -0.729. The topological polar surface area (TPSA) is 188 Å². The fourth-order valence-corrected chi connectivity index (χ4v) is 31.2. The van der Waals surface area contributed by atoms with Gasteiger partial charge in [-0.1, -0.05) is 67.0 Å². The van der Waals surface area contributed by atoms with Gasteiger partial charge in [0.05, 0.1) is 49.3 Å². The van der Waals surface area contributed by atoms with Gasteiger partial charge in [0.25, 0.3) is 23.6 Å². The van der Waals surface area contributed by atoms with E-state index in [0.717, 1.165) is 161 Å². The van der Waals surface area contributed by atoms with E-state index in [2.05, 4.69) is 135 Å². The maximum absolute atomic E-state index is 14.7. The molecule has 0 saturated heterocycles. The van der Waals surface area contributed by atoms with Crippen LogP contribution in [0.1, 0.15) is 223 Å². The van der Waals surface area contributed by atoms with E-state index in [1.807, 2.05) is 25.1 Å². The molecular weight excluding hydrogens is 1920 g/mol. The molecule has 0 aliphatic heterocycles. The van der Waals surface area contributed by atoms with Crippen molar-refractivity contribution in [3.8, 4) is 65.7 Å². The van der Waals surface area contributed by atoms with Crippen molar-refractivity contribution in [3.05, 3.63) is 227 Å². The summed E-state index contributed by atoms with van der Waals surface area (Å²) >= 11 is 19.4. The molecule has 688 valence electrons. The highest BCUT2D eigenvalue weighted by molar-refractivity contribution is 9.11. The van der Waals surface area contributed by atoms with Gasteiger partial charge in [-0.15, -0.1) is 45.3 Å². The number of aromatic nitrogens is 8. The number of benzene rings is 4. The molecule has 8 heterocycles. The van der Waals surface area contributed by atoms with Gasteiger partial charge in [0.2, 0.25) is 0 Å². The highest BCUT2D eigenvalue weighted by atomic mass is 79.9. The molecule has 4 N–H and O–H groups in total. The molecule has 28 rings (SSSR count). The van der Waals surface area contributed by atoms with Gasteiger partial charge in [-0.25, -0.2) is 53.9 Å². The number of hydrogen-bond donors (Lipinski definition) is 4. The summed E-state index contributed by atoms with van der Waals surface area (Å²) in [5.74, 6) is 1.46. The van der Waals surface area contributed by atoms with Crippen molar-refractivity contribution in [3.63, 3.8) is 0 Å². The van der Waals surface area contributed by atoms with Crippen molar-refractivity contribution < 1.29 is 54.3 Å². The van der Waals surface area contributed by atoms with Crippen LogP contribution >= 0.6 is 88.8 Å². The Morgan fingerprint density at radius 3 is 1.00 bits per heavy atom. The summed E-state index contributed by atoms with van der Waals surface area (Å²) in [4.78, 5) is 58.3. The summed E-state index contributed by atoms with van der Waals surface area (Å²) < 4.78 is 121. The van der Waals surface area contributed by atoms with Gasteiger partial charge in [0.1, 0.15) is 46.0 Å². The van der Waals surface area contributed by atoms with E-state index in [1.54, 1.807) is 22.7 Å².